The summed E-state index contributed by atoms with van der Waals surface area (Å²) in [6, 6.07) is 24.3. The molecule has 3 aromatic carbocycles. The number of rotatable bonds is 6. The normalized spacial score (nSPS) is 15.9. The molecule has 0 unspecified atom stereocenters. The number of nitrogens with zero attached hydrogens (tertiary/aromatic N) is 3. The number of amides is 1. The van der Waals surface area contributed by atoms with E-state index in [9.17, 15) is 9.18 Å². The predicted octanol–water partition coefficient (Wildman–Crippen LogP) is 4.94. The predicted molar refractivity (Wildman–Crippen MR) is 121 cm³/mol. The van der Waals surface area contributed by atoms with Gasteiger partial charge in [0.25, 0.3) is 5.91 Å². The van der Waals surface area contributed by atoms with Gasteiger partial charge in [-0.1, -0.05) is 72.3 Å². The van der Waals surface area contributed by atoms with E-state index in [4.69, 9.17) is 5.10 Å². The molecule has 1 amide bonds. The first-order valence-corrected chi connectivity index (χ1v) is 10.4. The standard InChI is InChI=1S/C26H26FN3O/c1-19-7-6-10-22(15-19)24-16-25(21-11-13-23(27)14-12-21)30(28-24)26(31)18-29(2)17-20-8-4-3-5-9-20/h3-15,25H,16-18H2,1-2H3/t25-/m0/s1. The van der Waals surface area contributed by atoms with Gasteiger partial charge in [-0.2, -0.15) is 5.10 Å². The van der Waals surface area contributed by atoms with Crippen LogP contribution in [0.2, 0.25) is 0 Å². The summed E-state index contributed by atoms with van der Waals surface area (Å²) >= 11 is 0. The van der Waals surface area contributed by atoms with Crippen molar-refractivity contribution in [2.24, 2.45) is 5.10 Å². The molecule has 1 heterocycles. The molecule has 1 aliphatic heterocycles. The van der Waals surface area contributed by atoms with Gasteiger partial charge in [-0.3, -0.25) is 9.69 Å². The van der Waals surface area contributed by atoms with Gasteiger partial charge in [0.1, 0.15) is 5.82 Å². The lowest BCUT2D eigenvalue weighted by Gasteiger charge is -2.25. The maximum Gasteiger partial charge on any atom is 0.257 e. The summed E-state index contributed by atoms with van der Waals surface area (Å²) in [5.74, 6) is -0.363. The van der Waals surface area contributed by atoms with Crippen molar-refractivity contribution in [3.05, 3.63) is 107 Å². The van der Waals surface area contributed by atoms with Crippen LogP contribution in [0.15, 0.2) is 84.0 Å². The van der Waals surface area contributed by atoms with Gasteiger partial charge in [0.15, 0.2) is 0 Å². The Bertz CT molecular complexity index is 1080. The summed E-state index contributed by atoms with van der Waals surface area (Å²) in [5.41, 5.74) is 5.06. The fourth-order valence-electron chi connectivity index (χ4n) is 3.94. The molecule has 0 bridgehead atoms. The van der Waals surface area contributed by atoms with Crippen LogP contribution in [0.4, 0.5) is 4.39 Å². The number of hydrogen-bond acceptors (Lipinski definition) is 3. The van der Waals surface area contributed by atoms with Crippen molar-refractivity contribution in [2.75, 3.05) is 13.6 Å². The number of aryl methyl sites for hydroxylation is 1. The maximum absolute atomic E-state index is 13.5. The highest BCUT2D eigenvalue weighted by molar-refractivity contribution is 6.03. The molecule has 4 rings (SSSR count). The van der Waals surface area contributed by atoms with E-state index in [0.29, 0.717) is 13.0 Å². The Morgan fingerprint density at radius 2 is 1.81 bits per heavy atom. The largest absolute Gasteiger partial charge is 0.293 e. The molecule has 1 aliphatic rings. The van der Waals surface area contributed by atoms with E-state index in [-0.39, 0.29) is 24.3 Å². The number of carbonyl (C=O) groups excluding carboxylic acids is 1. The highest BCUT2D eigenvalue weighted by Gasteiger charge is 2.33. The van der Waals surface area contributed by atoms with E-state index in [1.54, 1.807) is 17.1 Å². The van der Waals surface area contributed by atoms with Crippen molar-refractivity contribution >= 4 is 11.6 Å². The summed E-state index contributed by atoms with van der Waals surface area (Å²) in [5, 5.41) is 6.30. The maximum atomic E-state index is 13.5. The van der Waals surface area contributed by atoms with E-state index < -0.39 is 0 Å². The zero-order valence-corrected chi connectivity index (χ0v) is 17.8. The zero-order valence-electron chi connectivity index (χ0n) is 17.8. The van der Waals surface area contributed by atoms with E-state index in [1.165, 1.54) is 12.1 Å². The Morgan fingerprint density at radius 3 is 2.52 bits per heavy atom. The Labute approximate surface area is 182 Å². The van der Waals surface area contributed by atoms with Gasteiger partial charge >= 0.3 is 0 Å². The van der Waals surface area contributed by atoms with E-state index in [1.807, 2.05) is 67.4 Å². The molecule has 5 heteroatoms. The number of hydrogen-bond donors (Lipinski definition) is 0. The van der Waals surface area contributed by atoms with Crippen molar-refractivity contribution in [1.82, 2.24) is 9.91 Å². The minimum Gasteiger partial charge on any atom is -0.293 e. The third-order valence-electron chi connectivity index (χ3n) is 5.47. The van der Waals surface area contributed by atoms with Crippen molar-refractivity contribution in [1.29, 1.82) is 0 Å². The number of benzene rings is 3. The summed E-state index contributed by atoms with van der Waals surface area (Å²) in [6.07, 6.45) is 0.600. The van der Waals surface area contributed by atoms with Crippen LogP contribution in [0.5, 0.6) is 0 Å². The van der Waals surface area contributed by atoms with Crippen molar-refractivity contribution in [2.45, 2.75) is 25.9 Å². The SMILES string of the molecule is Cc1cccc(C2=NN(C(=O)CN(C)Cc3ccccc3)[C@H](c3ccc(F)cc3)C2)c1. The van der Waals surface area contributed by atoms with Crippen LogP contribution in [0.1, 0.15) is 34.7 Å². The van der Waals surface area contributed by atoms with Crippen molar-refractivity contribution in [3.8, 4) is 0 Å². The summed E-state index contributed by atoms with van der Waals surface area (Å²) in [4.78, 5) is 15.2. The summed E-state index contributed by atoms with van der Waals surface area (Å²) in [7, 11) is 1.93. The Kier molecular flexibility index (Phi) is 6.23. The monoisotopic (exact) mass is 415 g/mol. The van der Waals surface area contributed by atoms with Crippen LogP contribution in [0.3, 0.4) is 0 Å². The van der Waals surface area contributed by atoms with Crippen molar-refractivity contribution < 1.29 is 9.18 Å². The molecular weight excluding hydrogens is 389 g/mol. The van der Waals surface area contributed by atoms with E-state index in [0.717, 1.165) is 28.0 Å². The van der Waals surface area contributed by atoms with Gasteiger partial charge < -0.3 is 0 Å². The molecule has 0 aromatic heterocycles. The van der Waals surface area contributed by atoms with Gasteiger partial charge in [0.2, 0.25) is 0 Å². The highest BCUT2D eigenvalue weighted by Crippen LogP contribution is 2.33. The summed E-state index contributed by atoms with van der Waals surface area (Å²) < 4.78 is 13.5. The molecule has 4 nitrogen and oxygen atoms in total. The fraction of sp³-hybridized carbons (Fsp3) is 0.231. The van der Waals surface area contributed by atoms with Gasteiger partial charge in [0.05, 0.1) is 18.3 Å². The average Bonchev–Trinajstić information content (AvgIpc) is 3.21. The third kappa shape index (κ3) is 5.06. The van der Waals surface area contributed by atoms with Crippen molar-refractivity contribution in [3.63, 3.8) is 0 Å². The molecule has 0 saturated heterocycles. The minimum atomic E-state index is -0.290. The highest BCUT2D eigenvalue weighted by atomic mass is 19.1. The number of carbonyl (C=O) groups is 1. The molecule has 0 aliphatic carbocycles. The molecule has 0 spiro atoms. The summed E-state index contributed by atoms with van der Waals surface area (Å²) in [6.45, 7) is 2.96. The first-order chi connectivity index (χ1) is 15.0. The Balaban J connectivity index is 1.56. The van der Waals surface area contributed by atoms with Crippen LogP contribution in [-0.2, 0) is 11.3 Å². The molecule has 0 radical (unpaired) electrons. The zero-order chi connectivity index (χ0) is 21.8. The van der Waals surface area contributed by atoms with Gasteiger partial charge in [0, 0.05) is 13.0 Å². The van der Waals surface area contributed by atoms with Gasteiger partial charge in [-0.15, -0.1) is 0 Å². The van der Waals surface area contributed by atoms with Crippen LogP contribution >= 0.6 is 0 Å². The third-order valence-corrected chi connectivity index (χ3v) is 5.47. The Hall–Kier alpha value is -3.31. The number of halogens is 1. The van der Waals surface area contributed by atoms with Crippen LogP contribution < -0.4 is 0 Å². The lowest BCUT2D eigenvalue weighted by Crippen LogP contribution is -2.36. The average molecular weight is 416 g/mol. The lowest BCUT2D eigenvalue weighted by molar-refractivity contribution is -0.134. The van der Waals surface area contributed by atoms with Crippen LogP contribution in [-0.4, -0.2) is 35.1 Å². The second-order valence-electron chi connectivity index (χ2n) is 8.08. The molecule has 0 fully saturated rings. The molecule has 1 atom stereocenters. The Morgan fingerprint density at radius 1 is 1.06 bits per heavy atom. The fourth-order valence-corrected chi connectivity index (χ4v) is 3.94. The smallest absolute Gasteiger partial charge is 0.257 e. The quantitative estimate of drug-likeness (QED) is 0.571. The van der Waals surface area contributed by atoms with Crippen LogP contribution in [0.25, 0.3) is 0 Å². The first kappa shape index (κ1) is 20.9. The van der Waals surface area contributed by atoms with E-state index >= 15 is 0 Å². The molecule has 3 aromatic rings. The minimum absolute atomic E-state index is 0.0737. The number of hydrazone groups is 1. The van der Waals surface area contributed by atoms with Gasteiger partial charge in [-0.05, 0) is 42.8 Å². The van der Waals surface area contributed by atoms with Crippen LogP contribution in [0, 0.1) is 12.7 Å². The second-order valence-corrected chi connectivity index (χ2v) is 8.08. The first-order valence-electron chi connectivity index (χ1n) is 10.4. The molecular formula is C26H26FN3O. The van der Waals surface area contributed by atoms with E-state index in [2.05, 4.69) is 6.07 Å². The molecule has 31 heavy (non-hydrogen) atoms. The lowest BCUT2D eigenvalue weighted by atomic mass is 9.97. The number of likely N-dealkylation sites (N-methyl/N-ethyl adjacent to an activating group) is 1. The molecule has 158 valence electrons. The topological polar surface area (TPSA) is 35.9 Å². The second kappa shape index (κ2) is 9.23. The van der Waals surface area contributed by atoms with Gasteiger partial charge in [-0.25, -0.2) is 9.40 Å². The molecule has 0 N–H and O–H groups in total. The molecule has 0 saturated carbocycles.